The number of hydrogen-bond donors (Lipinski definition) is 0. The lowest BCUT2D eigenvalue weighted by Crippen LogP contribution is -1.99. The molecule has 0 aromatic carbocycles. The smallest absolute Gasteiger partial charge is 0.305 e. The summed E-state index contributed by atoms with van der Waals surface area (Å²) in [6.45, 7) is 5.61. The van der Waals surface area contributed by atoms with Gasteiger partial charge in [-0.15, -0.1) is 6.58 Å². The van der Waals surface area contributed by atoms with Gasteiger partial charge in [-0.25, -0.2) is 0 Å². The molecule has 0 unspecified atom stereocenters. The number of allylic oxidation sites excluding steroid dienone is 3. The molecule has 0 aromatic rings. The van der Waals surface area contributed by atoms with Crippen molar-refractivity contribution in [1.82, 2.24) is 0 Å². The predicted molar refractivity (Wildman–Crippen MR) is 49.8 cm³/mol. The van der Waals surface area contributed by atoms with E-state index in [4.69, 9.17) is 0 Å². The largest absolute Gasteiger partial charge is 0.469 e. The Balaban J connectivity index is 3.62. The number of hydrogen-bond acceptors (Lipinski definition) is 2. The number of methoxy groups -OCH3 is 1. The van der Waals surface area contributed by atoms with Crippen molar-refractivity contribution in [2.75, 3.05) is 7.11 Å². The van der Waals surface area contributed by atoms with E-state index in [2.05, 4.69) is 17.4 Å². The van der Waals surface area contributed by atoms with Crippen LogP contribution in [0.3, 0.4) is 0 Å². The molecule has 0 bridgehead atoms. The predicted octanol–water partition coefficient (Wildman–Crippen LogP) is 2.46. The van der Waals surface area contributed by atoms with Crippen molar-refractivity contribution in [1.29, 1.82) is 0 Å². The number of ether oxygens (including phenoxy) is 1. The van der Waals surface area contributed by atoms with Gasteiger partial charge >= 0.3 is 5.97 Å². The molecule has 0 radical (unpaired) electrons. The first-order valence-corrected chi connectivity index (χ1v) is 4.04. The van der Waals surface area contributed by atoms with Crippen molar-refractivity contribution in [3.05, 3.63) is 24.3 Å². The molecule has 0 fully saturated rings. The van der Waals surface area contributed by atoms with Crippen molar-refractivity contribution < 1.29 is 9.53 Å². The lowest BCUT2D eigenvalue weighted by atomic mass is 10.1. The van der Waals surface area contributed by atoms with Crippen LogP contribution in [0, 0.1) is 0 Å². The second-order valence-electron chi connectivity index (χ2n) is 2.65. The van der Waals surface area contributed by atoms with E-state index >= 15 is 0 Å². The molecule has 0 saturated heterocycles. The Morgan fingerprint density at radius 2 is 2.17 bits per heavy atom. The summed E-state index contributed by atoms with van der Waals surface area (Å²) in [4.78, 5) is 10.7. The highest BCUT2D eigenvalue weighted by atomic mass is 16.5. The Morgan fingerprint density at radius 3 is 2.67 bits per heavy atom. The van der Waals surface area contributed by atoms with E-state index in [1.807, 2.05) is 13.0 Å². The highest BCUT2D eigenvalue weighted by Gasteiger charge is 1.99. The molecule has 0 amide bonds. The summed E-state index contributed by atoms with van der Waals surface area (Å²) in [5, 5.41) is 0. The number of esters is 1. The topological polar surface area (TPSA) is 26.3 Å². The molecule has 0 saturated carbocycles. The maximum atomic E-state index is 10.7. The van der Waals surface area contributed by atoms with E-state index in [1.54, 1.807) is 0 Å². The summed E-state index contributed by atoms with van der Waals surface area (Å²) in [7, 11) is 1.41. The SMILES string of the molecule is C=CCC=C(C)CCC(=O)OC. The normalized spacial score (nSPS) is 11.0. The molecule has 0 rings (SSSR count). The molecule has 12 heavy (non-hydrogen) atoms. The molecule has 2 heteroatoms. The van der Waals surface area contributed by atoms with Crippen molar-refractivity contribution in [3.63, 3.8) is 0 Å². The first-order chi connectivity index (χ1) is 5.70. The van der Waals surface area contributed by atoms with E-state index in [0.717, 1.165) is 12.8 Å². The van der Waals surface area contributed by atoms with Crippen LogP contribution in [-0.4, -0.2) is 13.1 Å². The third kappa shape index (κ3) is 5.71. The highest BCUT2D eigenvalue weighted by molar-refractivity contribution is 5.69. The van der Waals surface area contributed by atoms with Crippen molar-refractivity contribution in [2.24, 2.45) is 0 Å². The first-order valence-electron chi connectivity index (χ1n) is 4.04. The minimum atomic E-state index is -0.152. The van der Waals surface area contributed by atoms with Gasteiger partial charge in [-0.2, -0.15) is 0 Å². The summed E-state index contributed by atoms with van der Waals surface area (Å²) in [5.74, 6) is -0.152. The molecule has 0 aromatic heterocycles. The van der Waals surface area contributed by atoms with Crippen LogP contribution in [0.5, 0.6) is 0 Å². The molecule has 2 nitrogen and oxygen atoms in total. The first kappa shape index (κ1) is 11.0. The zero-order valence-electron chi connectivity index (χ0n) is 7.80. The molecule has 0 spiro atoms. The van der Waals surface area contributed by atoms with Gasteiger partial charge in [-0.05, 0) is 19.8 Å². The summed E-state index contributed by atoms with van der Waals surface area (Å²) in [5.41, 5.74) is 1.21. The quantitative estimate of drug-likeness (QED) is 0.465. The van der Waals surface area contributed by atoms with Crippen LogP contribution in [0.15, 0.2) is 24.3 Å². The standard InChI is InChI=1S/C10H16O2/c1-4-5-6-9(2)7-8-10(11)12-3/h4,6H,1,5,7-8H2,2-3H3. The van der Waals surface area contributed by atoms with Gasteiger partial charge in [0.2, 0.25) is 0 Å². The van der Waals surface area contributed by atoms with Gasteiger partial charge in [-0.1, -0.05) is 17.7 Å². The third-order valence-electron chi connectivity index (χ3n) is 1.58. The van der Waals surface area contributed by atoms with Crippen LogP contribution >= 0.6 is 0 Å². The number of carbonyl (C=O) groups excluding carboxylic acids is 1. The molecule has 0 atom stereocenters. The molecule has 68 valence electrons. The summed E-state index contributed by atoms with van der Waals surface area (Å²) in [6, 6.07) is 0. The van der Waals surface area contributed by atoms with Crippen LogP contribution < -0.4 is 0 Å². The summed E-state index contributed by atoms with van der Waals surface area (Å²) in [6.07, 6.45) is 6.01. The zero-order chi connectivity index (χ0) is 9.40. The minimum absolute atomic E-state index is 0.152. The fraction of sp³-hybridized carbons (Fsp3) is 0.500. The van der Waals surface area contributed by atoms with E-state index in [0.29, 0.717) is 6.42 Å². The third-order valence-corrected chi connectivity index (χ3v) is 1.58. The Hall–Kier alpha value is -1.05. The fourth-order valence-electron chi connectivity index (χ4n) is 0.788. The molecular weight excluding hydrogens is 152 g/mol. The van der Waals surface area contributed by atoms with E-state index in [9.17, 15) is 4.79 Å². The molecular formula is C10H16O2. The van der Waals surface area contributed by atoms with Crippen LogP contribution in [-0.2, 0) is 9.53 Å². The van der Waals surface area contributed by atoms with Gasteiger partial charge in [0.1, 0.15) is 0 Å². The Labute approximate surface area is 73.9 Å². The average Bonchev–Trinajstić information content (AvgIpc) is 2.10. The maximum Gasteiger partial charge on any atom is 0.305 e. The van der Waals surface area contributed by atoms with Crippen molar-refractivity contribution in [3.8, 4) is 0 Å². The fourth-order valence-corrected chi connectivity index (χ4v) is 0.788. The lowest BCUT2D eigenvalue weighted by Gasteiger charge is -1.99. The monoisotopic (exact) mass is 168 g/mol. The summed E-state index contributed by atoms with van der Waals surface area (Å²) < 4.78 is 4.52. The lowest BCUT2D eigenvalue weighted by molar-refractivity contribution is -0.140. The van der Waals surface area contributed by atoms with Gasteiger partial charge in [-0.3, -0.25) is 4.79 Å². The molecule has 0 heterocycles. The second-order valence-corrected chi connectivity index (χ2v) is 2.65. The highest BCUT2D eigenvalue weighted by Crippen LogP contribution is 2.05. The van der Waals surface area contributed by atoms with Crippen LogP contribution in [0.2, 0.25) is 0 Å². The zero-order valence-corrected chi connectivity index (χ0v) is 7.80. The van der Waals surface area contributed by atoms with Gasteiger partial charge < -0.3 is 4.74 Å². The maximum absolute atomic E-state index is 10.7. The second kappa shape index (κ2) is 6.65. The minimum Gasteiger partial charge on any atom is -0.469 e. The Kier molecular flexibility index (Phi) is 6.07. The van der Waals surface area contributed by atoms with Crippen molar-refractivity contribution >= 4 is 5.97 Å². The van der Waals surface area contributed by atoms with Gasteiger partial charge in [0, 0.05) is 6.42 Å². The van der Waals surface area contributed by atoms with Gasteiger partial charge in [0.05, 0.1) is 7.11 Å². The van der Waals surface area contributed by atoms with E-state index in [-0.39, 0.29) is 5.97 Å². The molecule has 0 N–H and O–H groups in total. The van der Waals surface area contributed by atoms with Crippen LogP contribution in [0.25, 0.3) is 0 Å². The molecule has 0 aliphatic carbocycles. The average molecular weight is 168 g/mol. The van der Waals surface area contributed by atoms with Crippen molar-refractivity contribution in [2.45, 2.75) is 26.2 Å². The van der Waals surface area contributed by atoms with E-state index in [1.165, 1.54) is 12.7 Å². The Bertz CT molecular complexity index is 180. The van der Waals surface area contributed by atoms with Crippen LogP contribution in [0.1, 0.15) is 26.2 Å². The van der Waals surface area contributed by atoms with Gasteiger partial charge in [0.25, 0.3) is 0 Å². The van der Waals surface area contributed by atoms with E-state index < -0.39 is 0 Å². The number of rotatable bonds is 5. The number of carbonyl (C=O) groups is 1. The molecule has 0 aliphatic heterocycles. The summed E-state index contributed by atoms with van der Waals surface area (Å²) >= 11 is 0. The molecule has 0 aliphatic rings. The van der Waals surface area contributed by atoms with Crippen LogP contribution in [0.4, 0.5) is 0 Å². The Morgan fingerprint density at radius 1 is 1.50 bits per heavy atom. The van der Waals surface area contributed by atoms with Gasteiger partial charge in [0.15, 0.2) is 0 Å².